The van der Waals surface area contributed by atoms with Gasteiger partial charge in [-0.2, -0.15) is 0 Å². The summed E-state index contributed by atoms with van der Waals surface area (Å²) in [6, 6.07) is 12.5. The highest BCUT2D eigenvalue weighted by Crippen LogP contribution is 2.31. The first kappa shape index (κ1) is 19.7. The van der Waals surface area contributed by atoms with Gasteiger partial charge in [0, 0.05) is 56.7 Å². The first-order valence-corrected chi connectivity index (χ1v) is 11.3. The molecule has 154 valence electrons. The highest BCUT2D eigenvalue weighted by atomic mass is 32.2. The van der Waals surface area contributed by atoms with Crippen LogP contribution in [0.25, 0.3) is 0 Å². The van der Waals surface area contributed by atoms with Crippen LogP contribution in [-0.4, -0.2) is 59.0 Å². The number of likely N-dealkylation sites (N-methyl/N-ethyl adjacent to an activating group) is 1. The lowest BCUT2D eigenvalue weighted by Gasteiger charge is -2.34. The Hall–Kier alpha value is -2.58. The van der Waals surface area contributed by atoms with Crippen LogP contribution < -0.4 is 14.5 Å². The maximum Gasteiger partial charge on any atom is 0.261 e. The first-order chi connectivity index (χ1) is 13.8. The molecule has 0 spiro atoms. The topological polar surface area (TPSA) is 73.0 Å². The Bertz CT molecular complexity index is 1010. The number of hydrogen-bond donors (Lipinski definition) is 1. The Balaban J connectivity index is 1.48. The third kappa shape index (κ3) is 4.09. The summed E-state index contributed by atoms with van der Waals surface area (Å²) >= 11 is 0. The van der Waals surface area contributed by atoms with E-state index in [1.54, 1.807) is 35.2 Å². The number of carbonyl (C=O) groups is 1. The molecule has 1 saturated heterocycles. The van der Waals surface area contributed by atoms with Crippen LogP contribution >= 0.6 is 0 Å². The van der Waals surface area contributed by atoms with Gasteiger partial charge in [0.05, 0.1) is 4.90 Å². The molecule has 29 heavy (non-hydrogen) atoms. The molecule has 0 aromatic heterocycles. The van der Waals surface area contributed by atoms with Crippen molar-refractivity contribution >= 4 is 33.0 Å². The molecule has 2 aliphatic rings. The van der Waals surface area contributed by atoms with Crippen molar-refractivity contribution in [3.8, 4) is 0 Å². The van der Waals surface area contributed by atoms with Crippen molar-refractivity contribution in [3.05, 3.63) is 48.0 Å². The van der Waals surface area contributed by atoms with E-state index in [0.29, 0.717) is 18.7 Å². The highest BCUT2D eigenvalue weighted by Gasteiger charge is 2.25. The van der Waals surface area contributed by atoms with E-state index in [4.69, 9.17) is 0 Å². The molecule has 2 aliphatic heterocycles. The van der Waals surface area contributed by atoms with Crippen LogP contribution in [0.15, 0.2) is 47.4 Å². The first-order valence-electron chi connectivity index (χ1n) is 9.81. The van der Waals surface area contributed by atoms with Gasteiger partial charge in [0.15, 0.2) is 0 Å². The molecule has 0 atom stereocenters. The number of piperazine rings is 1. The minimum Gasteiger partial charge on any atom is -0.369 e. The quantitative estimate of drug-likeness (QED) is 0.830. The molecule has 2 heterocycles. The summed E-state index contributed by atoms with van der Waals surface area (Å²) in [5, 5.41) is 0. The Kier molecular flexibility index (Phi) is 5.23. The number of anilines is 3. The van der Waals surface area contributed by atoms with Gasteiger partial charge in [-0.15, -0.1) is 0 Å². The van der Waals surface area contributed by atoms with Gasteiger partial charge in [-0.1, -0.05) is 0 Å². The summed E-state index contributed by atoms with van der Waals surface area (Å²) in [5.41, 5.74) is 3.32. The zero-order valence-electron chi connectivity index (χ0n) is 16.8. The van der Waals surface area contributed by atoms with Crippen molar-refractivity contribution < 1.29 is 13.2 Å². The third-order valence-electron chi connectivity index (χ3n) is 5.62. The molecule has 0 radical (unpaired) electrons. The van der Waals surface area contributed by atoms with Gasteiger partial charge in [0.25, 0.3) is 10.0 Å². The van der Waals surface area contributed by atoms with Crippen LogP contribution in [0.2, 0.25) is 0 Å². The molecule has 2 aromatic carbocycles. The fourth-order valence-electron chi connectivity index (χ4n) is 3.89. The molecular formula is C21H26N4O3S. The zero-order chi connectivity index (χ0) is 20.6. The van der Waals surface area contributed by atoms with Crippen molar-refractivity contribution in [3.63, 3.8) is 0 Å². The van der Waals surface area contributed by atoms with E-state index in [9.17, 15) is 13.2 Å². The molecule has 0 saturated carbocycles. The van der Waals surface area contributed by atoms with Gasteiger partial charge in [-0.05, 0) is 61.5 Å². The van der Waals surface area contributed by atoms with Crippen molar-refractivity contribution in [1.29, 1.82) is 0 Å². The van der Waals surface area contributed by atoms with Crippen LogP contribution in [0, 0.1) is 0 Å². The van der Waals surface area contributed by atoms with Crippen molar-refractivity contribution in [2.24, 2.45) is 0 Å². The van der Waals surface area contributed by atoms with E-state index < -0.39 is 10.0 Å². The summed E-state index contributed by atoms with van der Waals surface area (Å²) in [5.74, 6) is -0.0297. The fourth-order valence-corrected chi connectivity index (χ4v) is 5.00. The molecule has 1 amide bonds. The summed E-state index contributed by atoms with van der Waals surface area (Å²) in [7, 11) is -1.57. The summed E-state index contributed by atoms with van der Waals surface area (Å²) < 4.78 is 28.3. The number of carbonyl (C=O) groups excluding carboxylic acids is 1. The summed E-state index contributed by atoms with van der Waals surface area (Å²) in [6.45, 7) is 6.09. The maximum absolute atomic E-state index is 12.8. The smallest absolute Gasteiger partial charge is 0.261 e. The number of rotatable bonds is 4. The van der Waals surface area contributed by atoms with Crippen molar-refractivity contribution in [2.45, 2.75) is 18.2 Å². The van der Waals surface area contributed by atoms with Crippen molar-refractivity contribution in [1.82, 2.24) is 4.90 Å². The van der Waals surface area contributed by atoms with Gasteiger partial charge in [0.1, 0.15) is 0 Å². The molecule has 8 heteroatoms. The van der Waals surface area contributed by atoms with E-state index in [0.717, 1.165) is 43.1 Å². The van der Waals surface area contributed by atoms with E-state index in [-0.39, 0.29) is 10.8 Å². The molecule has 0 unspecified atom stereocenters. The van der Waals surface area contributed by atoms with Gasteiger partial charge >= 0.3 is 0 Å². The Morgan fingerprint density at radius 3 is 2.31 bits per heavy atom. The number of hydrogen-bond acceptors (Lipinski definition) is 5. The molecule has 0 aliphatic carbocycles. The Labute approximate surface area is 172 Å². The fraction of sp³-hybridized carbons (Fsp3) is 0.381. The maximum atomic E-state index is 12.8. The lowest BCUT2D eigenvalue weighted by Crippen LogP contribution is -2.44. The standard InChI is InChI=1S/C21H26N4O3S/c1-16(26)25-10-9-17-15-20(7-8-21(17)25)29(27,28)22-18-3-5-19(6-4-18)24-13-11-23(2)12-14-24/h3-8,15,22H,9-14H2,1-2H3. The number of nitrogens with one attached hydrogen (secondary N) is 1. The Morgan fingerprint density at radius 1 is 0.966 bits per heavy atom. The summed E-state index contributed by atoms with van der Waals surface area (Å²) in [4.78, 5) is 18.2. The molecule has 7 nitrogen and oxygen atoms in total. The second kappa shape index (κ2) is 7.68. The zero-order valence-corrected chi connectivity index (χ0v) is 17.6. The number of fused-ring (bicyclic) bond motifs is 1. The normalized spacial score (nSPS) is 17.3. The van der Waals surface area contributed by atoms with Crippen LogP contribution in [0.4, 0.5) is 17.1 Å². The van der Waals surface area contributed by atoms with Gasteiger partial charge < -0.3 is 14.7 Å². The third-order valence-corrected chi connectivity index (χ3v) is 7.00. The minimum atomic E-state index is -3.69. The molecule has 1 fully saturated rings. The second-order valence-corrected chi connectivity index (χ2v) is 9.34. The number of nitrogens with zero attached hydrogens (tertiary/aromatic N) is 3. The second-order valence-electron chi connectivity index (χ2n) is 7.65. The average Bonchev–Trinajstić information content (AvgIpc) is 3.13. The molecule has 2 aromatic rings. The number of sulfonamides is 1. The van der Waals surface area contributed by atoms with Gasteiger partial charge in [0.2, 0.25) is 5.91 Å². The largest absolute Gasteiger partial charge is 0.369 e. The van der Waals surface area contributed by atoms with E-state index in [2.05, 4.69) is 21.6 Å². The predicted molar refractivity (Wildman–Crippen MR) is 115 cm³/mol. The van der Waals surface area contributed by atoms with Crippen LogP contribution in [-0.2, 0) is 21.2 Å². The predicted octanol–water partition coefficient (Wildman–Crippen LogP) is 2.15. The van der Waals surface area contributed by atoms with Gasteiger partial charge in [-0.3, -0.25) is 9.52 Å². The average molecular weight is 415 g/mol. The Morgan fingerprint density at radius 2 is 1.66 bits per heavy atom. The molecule has 0 bridgehead atoms. The van der Waals surface area contributed by atoms with E-state index in [1.165, 1.54) is 6.92 Å². The number of amides is 1. The van der Waals surface area contributed by atoms with Crippen molar-refractivity contribution in [2.75, 3.05) is 54.3 Å². The highest BCUT2D eigenvalue weighted by molar-refractivity contribution is 7.92. The van der Waals surface area contributed by atoms with Crippen LogP contribution in [0.1, 0.15) is 12.5 Å². The van der Waals surface area contributed by atoms with Crippen LogP contribution in [0.3, 0.4) is 0 Å². The molecule has 4 rings (SSSR count). The minimum absolute atomic E-state index is 0.0297. The lowest BCUT2D eigenvalue weighted by molar-refractivity contribution is -0.116. The molecule has 1 N–H and O–H groups in total. The van der Waals surface area contributed by atoms with Crippen LogP contribution in [0.5, 0.6) is 0 Å². The number of benzene rings is 2. The lowest BCUT2D eigenvalue weighted by atomic mass is 10.2. The van der Waals surface area contributed by atoms with Gasteiger partial charge in [-0.25, -0.2) is 8.42 Å². The summed E-state index contributed by atoms with van der Waals surface area (Å²) in [6.07, 6.45) is 0.665. The monoisotopic (exact) mass is 414 g/mol. The molecular weight excluding hydrogens is 388 g/mol. The van der Waals surface area contributed by atoms with E-state index >= 15 is 0 Å². The van der Waals surface area contributed by atoms with E-state index in [1.807, 2.05) is 12.1 Å². The SMILES string of the molecule is CC(=O)N1CCc2cc(S(=O)(=O)Nc3ccc(N4CCN(C)CC4)cc3)ccc21.